The molecular weight excluding hydrogens is 412 g/mol. The molecule has 2 saturated heterocycles. The molecule has 32 heavy (non-hydrogen) atoms. The minimum absolute atomic E-state index is 0.112. The predicted molar refractivity (Wildman–Crippen MR) is 117 cm³/mol. The highest BCUT2D eigenvalue weighted by Crippen LogP contribution is 2.49. The first kappa shape index (κ1) is 20.8. The molecule has 0 unspecified atom stereocenters. The van der Waals surface area contributed by atoms with Crippen molar-refractivity contribution in [3.63, 3.8) is 0 Å². The minimum Gasteiger partial charge on any atom is -0.507 e. The van der Waals surface area contributed by atoms with Gasteiger partial charge in [0.2, 0.25) is 0 Å². The Bertz CT molecular complexity index is 1180. The minimum atomic E-state index is -1.07. The van der Waals surface area contributed by atoms with E-state index in [1.807, 2.05) is 6.92 Å². The van der Waals surface area contributed by atoms with Gasteiger partial charge in [-0.15, -0.1) is 0 Å². The molecule has 0 spiro atoms. The second kappa shape index (κ2) is 7.20. The third-order valence-electron chi connectivity index (χ3n) is 6.97. The lowest BCUT2D eigenvalue weighted by molar-refractivity contribution is 0.0770. The van der Waals surface area contributed by atoms with Gasteiger partial charge in [0, 0.05) is 41.0 Å². The van der Waals surface area contributed by atoms with Gasteiger partial charge in [0.25, 0.3) is 0 Å². The first-order valence-corrected chi connectivity index (χ1v) is 10.6. The summed E-state index contributed by atoms with van der Waals surface area (Å²) in [5.41, 5.74) is 1.16. The van der Waals surface area contributed by atoms with Crippen molar-refractivity contribution in [2.45, 2.75) is 50.4 Å². The number of allylic oxidation sites excluding steroid dienone is 1. The largest absolute Gasteiger partial charge is 0.507 e. The Morgan fingerprint density at radius 3 is 2.75 bits per heavy atom. The molecule has 2 bridgehead atoms. The summed E-state index contributed by atoms with van der Waals surface area (Å²) in [6.45, 7) is 8.21. The van der Waals surface area contributed by atoms with Crippen LogP contribution in [0.5, 0.6) is 5.75 Å². The van der Waals surface area contributed by atoms with E-state index in [9.17, 15) is 9.50 Å². The van der Waals surface area contributed by atoms with E-state index < -0.39 is 17.5 Å². The fraction of sp³-hybridized carbons (Fsp3) is 0.375. The van der Waals surface area contributed by atoms with Crippen molar-refractivity contribution in [3.8, 4) is 22.7 Å². The summed E-state index contributed by atoms with van der Waals surface area (Å²) in [5, 5.41) is 13.9. The van der Waals surface area contributed by atoms with Crippen molar-refractivity contribution < 1.29 is 13.9 Å². The van der Waals surface area contributed by atoms with Crippen LogP contribution in [-0.4, -0.2) is 41.9 Å². The monoisotopic (exact) mass is 437 g/mol. The average molecular weight is 437 g/mol. The van der Waals surface area contributed by atoms with Crippen LogP contribution in [0.3, 0.4) is 0 Å². The van der Waals surface area contributed by atoms with Crippen molar-refractivity contribution in [1.82, 2.24) is 24.8 Å². The van der Waals surface area contributed by atoms with Gasteiger partial charge >= 0.3 is 0 Å². The number of benzene rings is 1. The molecule has 6 nitrogen and oxygen atoms in total. The topological polar surface area (TPSA) is 75.9 Å². The number of aromatic nitrogens is 4. The SMILES string of the molecule is C=C(c1cnc(-c2cc(F)c(-n3ccnc3)cc2O)cn1)[C@H]1C[C@]2(C)CC[C@@](C)(N2)[C@H]1F. The lowest BCUT2D eigenvalue weighted by atomic mass is 9.75. The summed E-state index contributed by atoms with van der Waals surface area (Å²) < 4.78 is 31.5. The summed E-state index contributed by atoms with van der Waals surface area (Å²) in [7, 11) is 0. The highest BCUT2D eigenvalue weighted by atomic mass is 19.1. The zero-order chi connectivity index (χ0) is 22.7. The molecular formula is C24H25F2N5O. The van der Waals surface area contributed by atoms with Crippen LogP contribution < -0.4 is 5.32 Å². The zero-order valence-electron chi connectivity index (χ0n) is 18.0. The van der Waals surface area contributed by atoms with E-state index in [1.54, 1.807) is 6.20 Å². The Labute approximate surface area is 185 Å². The first-order chi connectivity index (χ1) is 15.2. The molecule has 2 N–H and O–H groups in total. The van der Waals surface area contributed by atoms with Crippen molar-refractivity contribution in [1.29, 1.82) is 0 Å². The third kappa shape index (κ3) is 3.30. The van der Waals surface area contributed by atoms with Gasteiger partial charge in [-0.2, -0.15) is 0 Å². The standard InChI is InChI=1S/C24H25F2N5O/c1-14(16-10-23(2)4-5-24(3,30-23)22(16)26)18-11-29-19(12-28-18)15-8-17(25)20(9-21(15)32)31-7-6-27-13-31/h6-9,11-13,16,22,30,32H,1,4-5,10H2,2-3H3/t16-,22+,23+,24-/m1/s1. The van der Waals surface area contributed by atoms with Gasteiger partial charge in [0.05, 0.1) is 35.8 Å². The molecule has 2 aliphatic heterocycles. The van der Waals surface area contributed by atoms with Crippen LogP contribution in [0.1, 0.15) is 38.8 Å². The van der Waals surface area contributed by atoms with E-state index in [1.165, 1.54) is 41.6 Å². The summed E-state index contributed by atoms with van der Waals surface area (Å²) in [6, 6.07) is 2.54. The Morgan fingerprint density at radius 1 is 1.25 bits per heavy atom. The predicted octanol–water partition coefficient (Wildman–Crippen LogP) is 4.45. The number of aromatic hydroxyl groups is 1. The number of nitrogens with one attached hydrogen (secondary N) is 1. The summed E-state index contributed by atoms with van der Waals surface area (Å²) in [4.78, 5) is 12.7. The van der Waals surface area contributed by atoms with Gasteiger partial charge in [0.15, 0.2) is 0 Å². The van der Waals surface area contributed by atoms with E-state index in [2.05, 4.69) is 33.8 Å². The van der Waals surface area contributed by atoms with Crippen LogP contribution >= 0.6 is 0 Å². The molecule has 4 atom stereocenters. The fourth-order valence-electron chi connectivity index (χ4n) is 5.22. The number of phenolic OH excluding ortho intramolecular Hbond substituents is 1. The van der Waals surface area contributed by atoms with Gasteiger partial charge in [0.1, 0.15) is 17.7 Å². The van der Waals surface area contributed by atoms with Crippen molar-refractivity contribution in [3.05, 3.63) is 61.3 Å². The number of nitrogens with zero attached hydrogens (tertiary/aromatic N) is 4. The maximum atomic E-state index is 15.4. The average Bonchev–Trinajstić information content (AvgIpc) is 3.39. The van der Waals surface area contributed by atoms with Crippen LogP contribution in [0.15, 0.2) is 49.8 Å². The smallest absolute Gasteiger partial charge is 0.148 e. The Balaban J connectivity index is 1.41. The van der Waals surface area contributed by atoms with Crippen LogP contribution in [0, 0.1) is 11.7 Å². The van der Waals surface area contributed by atoms with Crippen LogP contribution in [0.25, 0.3) is 22.5 Å². The number of imidazole rings is 1. The summed E-state index contributed by atoms with van der Waals surface area (Å²) >= 11 is 0. The molecule has 166 valence electrons. The van der Waals surface area contributed by atoms with Crippen molar-refractivity contribution in [2.75, 3.05) is 0 Å². The lowest BCUT2D eigenvalue weighted by Crippen LogP contribution is -2.60. The van der Waals surface area contributed by atoms with Crippen molar-refractivity contribution >= 4 is 5.57 Å². The molecule has 1 aromatic carbocycles. The molecule has 3 aromatic rings. The van der Waals surface area contributed by atoms with E-state index in [0.717, 1.165) is 12.8 Å². The highest BCUT2D eigenvalue weighted by Gasteiger charge is 2.55. The van der Waals surface area contributed by atoms with Crippen molar-refractivity contribution in [2.24, 2.45) is 5.92 Å². The number of alkyl halides is 1. The molecule has 2 fully saturated rings. The van der Waals surface area contributed by atoms with E-state index in [0.29, 0.717) is 23.4 Å². The van der Waals surface area contributed by atoms with Crippen LogP contribution in [0.4, 0.5) is 8.78 Å². The fourth-order valence-corrected chi connectivity index (χ4v) is 5.22. The van der Waals surface area contributed by atoms with E-state index in [4.69, 9.17) is 0 Å². The summed E-state index contributed by atoms with van der Waals surface area (Å²) in [6.07, 6.45) is 8.83. The van der Waals surface area contributed by atoms with Gasteiger partial charge in [-0.05, 0) is 44.7 Å². The second-order valence-electron chi connectivity index (χ2n) is 9.42. The number of hydrogen-bond donors (Lipinski definition) is 2. The zero-order valence-corrected chi connectivity index (χ0v) is 18.0. The Kier molecular flexibility index (Phi) is 4.67. The second-order valence-corrected chi connectivity index (χ2v) is 9.42. The number of rotatable bonds is 4. The third-order valence-corrected chi connectivity index (χ3v) is 6.97. The first-order valence-electron chi connectivity index (χ1n) is 10.6. The number of phenols is 1. The number of piperidine rings is 1. The molecule has 0 amide bonds. The molecule has 2 aromatic heterocycles. The molecule has 0 radical (unpaired) electrons. The molecule has 0 saturated carbocycles. The van der Waals surface area contributed by atoms with Crippen LogP contribution in [0.2, 0.25) is 0 Å². The van der Waals surface area contributed by atoms with Gasteiger partial charge in [-0.25, -0.2) is 13.8 Å². The molecule has 8 heteroatoms. The van der Waals surface area contributed by atoms with Gasteiger partial charge in [-0.1, -0.05) is 6.58 Å². The highest BCUT2D eigenvalue weighted by molar-refractivity contribution is 5.70. The molecule has 2 aliphatic rings. The lowest BCUT2D eigenvalue weighted by Gasteiger charge is -2.45. The molecule has 0 aliphatic carbocycles. The molecule has 4 heterocycles. The Morgan fingerprint density at radius 2 is 2.06 bits per heavy atom. The quantitative estimate of drug-likeness (QED) is 0.631. The maximum absolute atomic E-state index is 15.4. The Hall–Kier alpha value is -3.13. The number of halogens is 2. The van der Waals surface area contributed by atoms with Crippen LogP contribution in [-0.2, 0) is 0 Å². The number of hydrogen-bond acceptors (Lipinski definition) is 5. The summed E-state index contributed by atoms with van der Waals surface area (Å²) in [5.74, 6) is -1.01. The maximum Gasteiger partial charge on any atom is 0.148 e. The number of fused-ring (bicyclic) bond motifs is 2. The van der Waals surface area contributed by atoms with E-state index >= 15 is 4.39 Å². The van der Waals surface area contributed by atoms with Gasteiger partial charge < -0.3 is 15.0 Å². The van der Waals surface area contributed by atoms with E-state index in [-0.39, 0.29) is 28.5 Å². The normalized spacial score (nSPS) is 29.2. The molecule has 5 rings (SSSR count). The van der Waals surface area contributed by atoms with Gasteiger partial charge in [-0.3, -0.25) is 9.97 Å².